The lowest BCUT2D eigenvalue weighted by molar-refractivity contribution is -0.138. The third-order valence-corrected chi connectivity index (χ3v) is 2.79. The van der Waals surface area contributed by atoms with E-state index in [-0.39, 0.29) is 5.75 Å². The van der Waals surface area contributed by atoms with Gasteiger partial charge in [-0.15, -0.1) is 0 Å². The van der Waals surface area contributed by atoms with Crippen LogP contribution in [0.5, 0.6) is 5.75 Å². The number of phenols is 1. The summed E-state index contributed by atoms with van der Waals surface area (Å²) in [5, 5.41) is 19.0. The maximum Gasteiger partial charge on any atom is 0.320 e. The largest absolute Gasteiger partial charge is 0.508 e. The summed E-state index contributed by atoms with van der Waals surface area (Å²) >= 11 is 0. The van der Waals surface area contributed by atoms with Crippen molar-refractivity contribution < 1.29 is 15.0 Å². The molecule has 1 heterocycles. The lowest BCUT2D eigenvalue weighted by Gasteiger charge is -2.05. The summed E-state index contributed by atoms with van der Waals surface area (Å²) in [6, 6.07) is 4.20. The molecule has 1 atom stereocenters. The van der Waals surface area contributed by atoms with Crippen molar-refractivity contribution in [1.29, 1.82) is 0 Å². The summed E-state index contributed by atoms with van der Waals surface area (Å²) in [5.74, 6) is -0.798. The van der Waals surface area contributed by atoms with Gasteiger partial charge in [0.25, 0.3) is 0 Å². The van der Waals surface area contributed by atoms with E-state index >= 15 is 0 Å². The molecule has 1 aromatic heterocycles. The number of aromatic hydroxyl groups is 1. The SMILES string of the molecule is NC(CCc1c[nH]c2ccc(O)cc12)C(=O)O. The van der Waals surface area contributed by atoms with E-state index in [4.69, 9.17) is 10.8 Å². The van der Waals surface area contributed by atoms with Crippen LogP contribution < -0.4 is 5.73 Å². The molecule has 0 fully saturated rings. The van der Waals surface area contributed by atoms with Gasteiger partial charge in [0.2, 0.25) is 0 Å². The number of hydrogen-bond acceptors (Lipinski definition) is 3. The summed E-state index contributed by atoms with van der Waals surface area (Å²) in [5.41, 5.74) is 7.33. The minimum Gasteiger partial charge on any atom is -0.508 e. The maximum absolute atomic E-state index is 10.6. The van der Waals surface area contributed by atoms with E-state index in [0.717, 1.165) is 16.5 Å². The van der Waals surface area contributed by atoms with Crippen LogP contribution in [0.3, 0.4) is 0 Å². The van der Waals surface area contributed by atoms with Crippen molar-refractivity contribution >= 4 is 16.9 Å². The van der Waals surface area contributed by atoms with Crippen LogP contribution in [-0.2, 0) is 11.2 Å². The molecule has 0 aliphatic rings. The normalized spacial score (nSPS) is 12.8. The molecular formula is C12H14N2O3. The molecule has 0 saturated heterocycles. The minimum atomic E-state index is -0.993. The first-order chi connectivity index (χ1) is 8.08. The van der Waals surface area contributed by atoms with E-state index in [9.17, 15) is 9.90 Å². The highest BCUT2D eigenvalue weighted by Crippen LogP contribution is 2.23. The number of aromatic amines is 1. The summed E-state index contributed by atoms with van der Waals surface area (Å²) in [6.45, 7) is 0. The van der Waals surface area contributed by atoms with Gasteiger partial charge in [0, 0.05) is 17.1 Å². The molecule has 2 rings (SSSR count). The standard InChI is InChI=1S/C12H14N2O3/c13-10(12(16)17)3-1-7-6-14-11-4-2-8(15)5-9(7)11/h2,4-6,10,14-15H,1,3,13H2,(H,16,17). The zero-order chi connectivity index (χ0) is 12.4. The number of H-pyrrole nitrogens is 1. The average Bonchev–Trinajstić information content (AvgIpc) is 2.68. The number of aromatic nitrogens is 1. The highest BCUT2D eigenvalue weighted by atomic mass is 16.4. The first-order valence-electron chi connectivity index (χ1n) is 5.35. The molecule has 0 aliphatic carbocycles. The second-order valence-corrected chi connectivity index (χ2v) is 4.03. The van der Waals surface area contributed by atoms with Crippen molar-refractivity contribution in [1.82, 2.24) is 4.98 Å². The van der Waals surface area contributed by atoms with Crippen molar-refractivity contribution in [3.63, 3.8) is 0 Å². The Morgan fingerprint density at radius 3 is 2.94 bits per heavy atom. The molecule has 0 saturated carbocycles. The van der Waals surface area contributed by atoms with Gasteiger partial charge in [0.05, 0.1) is 0 Å². The van der Waals surface area contributed by atoms with Gasteiger partial charge >= 0.3 is 5.97 Å². The molecule has 2 aromatic rings. The van der Waals surface area contributed by atoms with E-state index in [0.29, 0.717) is 12.8 Å². The fraction of sp³-hybridized carbons (Fsp3) is 0.250. The number of nitrogens with one attached hydrogen (secondary N) is 1. The number of phenolic OH excluding ortho intramolecular Hbond substituents is 1. The van der Waals surface area contributed by atoms with Gasteiger partial charge in [-0.1, -0.05) is 0 Å². The zero-order valence-electron chi connectivity index (χ0n) is 9.18. The first-order valence-corrected chi connectivity index (χ1v) is 5.35. The van der Waals surface area contributed by atoms with Gasteiger partial charge in [-0.05, 0) is 36.6 Å². The second-order valence-electron chi connectivity index (χ2n) is 4.03. The van der Waals surface area contributed by atoms with Crippen LogP contribution in [0.15, 0.2) is 24.4 Å². The highest BCUT2D eigenvalue weighted by molar-refractivity contribution is 5.84. The zero-order valence-corrected chi connectivity index (χ0v) is 9.18. The Bertz CT molecular complexity index is 548. The van der Waals surface area contributed by atoms with E-state index < -0.39 is 12.0 Å². The summed E-state index contributed by atoms with van der Waals surface area (Å²) < 4.78 is 0. The van der Waals surface area contributed by atoms with Crippen LogP contribution >= 0.6 is 0 Å². The van der Waals surface area contributed by atoms with Gasteiger partial charge in [-0.2, -0.15) is 0 Å². The average molecular weight is 234 g/mol. The molecule has 0 aliphatic heterocycles. The van der Waals surface area contributed by atoms with Crippen LogP contribution in [0.4, 0.5) is 0 Å². The molecule has 90 valence electrons. The third kappa shape index (κ3) is 2.39. The Balaban J connectivity index is 2.19. The number of nitrogens with two attached hydrogens (primary N) is 1. The fourth-order valence-corrected chi connectivity index (χ4v) is 1.81. The number of fused-ring (bicyclic) bond motifs is 1. The Kier molecular flexibility index (Phi) is 3.01. The smallest absolute Gasteiger partial charge is 0.320 e. The second kappa shape index (κ2) is 4.47. The van der Waals surface area contributed by atoms with Gasteiger partial charge in [-0.25, -0.2) is 0 Å². The van der Waals surface area contributed by atoms with Crippen LogP contribution in [-0.4, -0.2) is 27.2 Å². The summed E-state index contributed by atoms with van der Waals surface area (Å²) in [7, 11) is 0. The molecule has 1 unspecified atom stereocenters. The Labute approximate surface area is 97.9 Å². The van der Waals surface area contributed by atoms with Crippen LogP contribution in [0.2, 0.25) is 0 Å². The molecule has 1 aromatic carbocycles. The summed E-state index contributed by atoms with van der Waals surface area (Å²) in [6.07, 6.45) is 2.76. The molecule has 0 spiro atoms. The first kappa shape index (κ1) is 11.5. The molecule has 0 radical (unpaired) electrons. The van der Waals surface area contributed by atoms with E-state index in [1.165, 1.54) is 0 Å². The lowest BCUT2D eigenvalue weighted by Crippen LogP contribution is -2.30. The quantitative estimate of drug-likeness (QED) is 0.639. The summed E-state index contributed by atoms with van der Waals surface area (Å²) in [4.78, 5) is 13.7. The maximum atomic E-state index is 10.6. The Morgan fingerprint density at radius 1 is 1.47 bits per heavy atom. The Morgan fingerprint density at radius 2 is 2.24 bits per heavy atom. The molecule has 5 nitrogen and oxygen atoms in total. The van der Waals surface area contributed by atoms with E-state index in [1.54, 1.807) is 18.2 Å². The number of aliphatic carboxylic acids is 1. The molecule has 0 amide bonds. The van der Waals surface area contributed by atoms with Gasteiger partial charge < -0.3 is 20.9 Å². The van der Waals surface area contributed by atoms with Crippen LogP contribution in [0.1, 0.15) is 12.0 Å². The molecule has 5 heteroatoms. The van der Waals surface area contributed by atoms with Crippen molar-refractivity contribution in [3.05, 3.63) is 30.0 Å². The molecule has 0 bridgehead atoms. The lowest BCUT2D eigenvalue weighted by atomic mass is 10.0. The number of hydrogen-bond donors (Lipinski definition) is 4. The predicted molar refractivity (Wildman–Crippen MR) is 63.9 cm³/mol. The minimum absolute atomic E-state index is 0.195. The van der Waals surface area contributed by atoms with Crippen molar-refractivity contribution in [3.8, 4) is 5.75 Å². The van der Waals surface area contributed by atoms with Crippen molar-refractivity contribution in [2.75, 3.05) is 0 Å². The van der Waals surface area contributed by atoms with Gasteiger partial charge in [0.1, 0.15) is 11.8 Å². The molecule has 17 heavy (non-hydrogen) atoms. The number of carboxylic acids is 1. The van der Waals surface area contributed by atoms with E-state index in [2.05, 4.69) is 4.98 Å². The predicted octanol–water partition coefficient (Wildman–Crippen LogP) is 1.22. The number of benzene rings is 1. The fourth-order valence-electron chi connectivity index (χ4n) is 1.81. The number of carboxylic acid groups (broad SMARTS) is 1. The topological polar surface area (TPSA) is 99.3 Å². The van der Waals surface area contributed by atoms with Gasteiger partial charge in [0.15, 0.2) is 0 Å². The Hall–Kier alpha value is -2.01. The van der Waals surface area contributed by atoms with Crippen molar-refractivity contribution in [2.24, 2.45) is 5.73 Å². The molecular weight excluding hydrogens is 220 g/mol. The van der Waals surface area contributed by atoms with E-state index in [1.807, 2.05) is 6.20 Å². The number of carbonyl (C=O) groups is 1. The van der Waals surface area contributed by atoms with Crippen LogP contribution in [0, 0.1) is 0 Å². The van der Waals surface area contributed by atoms with Crippen molar-refractivity contribution in [2.45, 2.75) is 18.9 Å². The number of aryl methyl sites for hydroxylation is 1. The highest BCUT2D eigenvalue weighted by Gasteiger charge is 2.12. The molecule has 5 N–H and O–H groups in total. The monoisotopic (exact) mass is 234 g/mol. The van der Waals surface area contributed by atoms with Crippen LogP contribution in [0.25, 0.3) is 10.9 Å². The van der Waals surface area contributed by atoms with Gasteiger partial charge in [-0.3, -0.25) is 4.79 Å². The third-order valence-electron chi connectivity index (χ3n) is 2.79. The number of rotatable bonds is 4.